The molecule has 0 aliphatic heterocycles. The van der Waals surface area contributed by atoms with E-state index in [0.717, 1.165) is 31.5 Å². The molecule has 2 aromatic rings. The van der Waals surface area contributed by atoms with Crippen molar-refractivity contribution in [3.63, 3.8) is 0 Å². The van der Waals surface area contributed by atoms with Crippen molar-refractivity contribution < 1.29 is 4.39 Å². The lowest BCUT2D eigenvalue weighted by Gasteiger charge is -2.22. The summed E-state index contributed by atoms with van der Waals surface area (Å²) in [6.45, 7) is 0. The third-order valence-corrected chi connectivity index (χ3v) is 4.30. The summed E-state index contributed by atoms with van der Waals surface area (Å²) < 4.78 is 16.0. The van der Waals surface area contributed by atoms with Crippen molar-refractivity contribution in [2.24, 2.45) is 0 Å². The molecule has 108 valence electrons. The Morgan fingerprint density at radius 2 is 2.05 bits per heavy atom. The van der Waals surface area contributed by atoms with Crippen LogP contribution >= 0.6 is 11.6 Å². The summed E-state index contributed by atoms with van der Waals surface area (Å²) in [5, 5.41) is 9.18. The number of hydrogen-bond acceptors (Lipinski definition) is 2. The first kappa shape index (κ1) is 14.1. The Morgan fingerprint density at radius 1 is 1.29 bits per heavy atom. The zero-order valence-electron chi connectivity index (χ0n) is 11.5. The highest BCUT2D eigenvalue weighted by Crippen LogP contribution is 2.34. The number of nitriles is 1. The first-order valence-corrected chi connectivity index (χ1v) is 7.52. The van der Waals surface area contributed by atoms with Crippen molar-refractivity contribution in [2.75, 3.05) is 0 Å². The highest BCUT2D eigenvalue weighted by molar-refractivity contribution is 6.30. The molecule has 3 nitrogen and oxygen atoms in total. The summed E-state index contributed by atoms with van der Waals surface area (Å²) in [6.07, 6.45) is 7.19. The van der Waals surface area contributed by atoms with Crippen LogP contribution in [0.2, 0.25) is 5.02 Å². The topological polar surface area (TPSA) is 41.6 Å². The standard InChI is InChI=1S/C16H15ClFN3/c17-13-7-4-8-14(15(13)18)21-10-12(9-19)20-16(21)11-5-2-1-3-6-11/h4,7-8,10-11H,1-3,5-6H2. The van der Waals surface area contributed by atoms with E-state index in [1.807, 2.05) is 6.07 Å². The molecular weight excluding hydrogens is 289 g/mol. The number of benzene rings is 1. The maximum absolute atomic E-state index is 14.3. The van der Waals surface area contributed by atoms with Crippen LogP contribution < -0.4 is 0 Å². The molecule has 0 unspecified atom stereocenters. The normalized spacial score (nSPS) is 15.9. The second-order valence-corrected chi connectivity index (χ2v) is 5.78. The summed E-state index contributed by atoms with van der Waals surface area (Å²) in [7, 11) is 0. The van der Waals surface area contributed by atoms with Gasteiger partial charge in [0.15, 0.2) is 11.5 Å². The van der Waals surface area contributed by atoms with Gasteiger partial charge in [0, 0.05) is 12.1 Å². The van der Waals surface area contributed by atoms with Crippen molar-refractivity contribution in [1.82, 2.24) is 9.55 Å². The van der Waals surface area contributed by atoms with Crippen LogP contribution in [0.15, 0.2) is 24.4 Å². The lowest BCUT2D eigenvalue weighted by Crippen LogP contribution is -2.11. The van der Waals surface area contributed by atoms with Crippen molar-refractivity contribution in [3.8, 4) is 11.8 Å². The Hall–Kier alpha value is -1.86. The number of rotatable bonds is 2. The Kier molecular flexibility index (Phi) is 3.94. The van der Waals surface area contributed by atoms with Gasteiger partial charge in [-0.3, -0.25) is 4.57 Å². The second-order valence-electron chi connectivity index (χ2n) is 5.37. The molecular formula is C16H15ClFN3. The van der Waals surface area contributed by atoms with E-state index in [4.69, 9.17) is 16.9 Å². The molecule has 0 N–H and O–H groups in total. The van der Waals surface area contributed by atoms with E-state index in [0.29, 0.717) is 11.4 Å². The Labute approximate surface area is 128 Å². The van der Waals surface area contributed by atoms with Crippen molar-refractivity contribution in [1.29, 1.82) is 5.26 Å². The monoisotopic (exact) mass is 303 g/mol. The van der Waals surface area contributed by atoms with Crippen LogP contribution in [-0.4, -0.2) is 9.55 Å². The highest BCUT2D eigenvalue weighted by atomic mass is 35.5. The SMILES string of the molecule is N#Cc1cn(-c2cccc(Cl)c2F)c(C2CCCCC2)n1. The Balaban J connectivity index is 2.11. The van der Waals surface area contributed by atoms with Crippen LogP contribution in [0.5, 0.6) is 0 Å². The quantitative estimate of drug-likeness (QED) is 0.814. The van der Waals surface area contributed by atoms with Crippen molar-refractivity contribution in [3.05, 3.63) is 46.8 Å². The number of imidazole rings is 1. The van der Waals surface area contributed by atoms with E-state index in [9.17, 15) is 4.39 Å². The predicted octanol–water partition coefficient (Wildman–Crippen LogP) is 4.58. The van der Waals surface area contributed by atoms with Crippen LogP contribution in [0.1, 0.15) is 49.5 Å². The van der Waals surface area contributed by atoms with Crippen LogP contribution in [0.3, 0.4) is 0 Å². The molecule has 0 amide bonds. The first-order valence-electron chi connectivity index (χ1n) is 7.14. The van der Waals surface area contributed by atoms with Gasteiger partial charge in [-0.2, -0.15) is 5.26 Å². The van der Waals surface area contributed by atoms with Crippen LogP contribution in [0, 0.1) is 17.1 Å². The van der Waals surface area contributed by atoms with Gasteiger partial charge in [0.05, 0.1) is 10.7 Å². The molecule has 3 rings (SSSR count). The predicted molar refractivity (Wildman–Crippen MR) is 79.1 cm³/mol. The van der Waals surface area contributed by atoms with Gasteiger partial charge in [0.25, 0.3) is 0 Å². The Morgan fingerprint density at radius 3 is 2.76 bits per heavy atom. The average molecular weight is 304 g/mol. The largest absolute Gasteiger partial charge is 0.299 e. The van der Waals surface area contributed by atoms with E-state index in [1.54, 1.807) is 22.9 Å². The van der Waals surface area contributed by atoms with Gasteiger partial charge in [-0.1, -0.05) is 36.9 Å². The summed E-state index contributed by atoms with van der Waals surface area (Å²) in [4.78, 5) is 4.39. The van der Waals surface area contributed by atoms with Gasteiger partial charge in [0.1, 0.15) is 11.9 Å². The molecule has 21 heavy (non-hydrogen) atoms. The van der Waals surface area contributed by atoms with Crippen LogP contribution in [0.4, 0.5) is 4.39 Å². The maximum Gasteiger partial charge on any atom is 0.165 e. The zero-order valence-corrected chi connectivity index (χ0v) is 12.3. The van der Waals surface area contributed by atoms with E-state index < -0.39 is 5.82 Å². The van der Waals surface area contributed by atoms with E-state index in [-0.39, 0.29) is 10.9 Å². The molecule has 1 saturated carbocycles. The minimum absolute atomic E-state index is 0.0781. The number of aromatic nitrogens is 2. The molecule has 5 heteroatoms. The second kappa shape index (κ2) is 5.87. The molecule has 0 bridgehead atoms. The number of hydrogen-bond donors (Lipinski definition) is 0. The van der Waals surface area contributed by atoms with Gasteiger partial charge >= 0.3 is 0 Å². The lowest BCUT2D eigenvalue weighted by atomic mass is 9.88. The van der Waals surface area contributed by atoms with E-state index >= 15 is 0 Å². The molecule has 1 aliphatic carbocycles. The third kappa shape index (κ3) is 2.66. The minimum atomic E-state index is -0.474. The summed E-state index contributed by atoms with van der Waals surface area (Å²) in [5.41, 5.74) is 0.673. The molecule has 1 aromatic heterocycles. The molecule has 1 aliphatic rings. The van der Waals surface area contributed by atoms with Gasteiger partial charge < -0.3 is 0 Å². The zero-order chi connectivity index (χ0) is 14.8. The van der Waals surface area contributed by atoms with Crippen molar-refractivity contribution in [2.45, 2.75) is 38.0 Å². The summed E-state index contributed by atoms with van der Waals surface area (Å²) in [5.74, 6) is 0.574. The average Bonchev–Trinajstić information content (AvgIpc) is 2.95. The molecule has 1 aromatic carbocycles. The minimum Gasteiger partial charge on any atom is -0.299 e. The molecule has 1 fully saturated rings. The van der Waals surface area contributed by atoms with Crippen molar-refractivity contribution >= 4 is 11.6 Å². The first-order chi connectivity index (χ1) is 10.2. The van der Waals surface area contributed by atoms with Crippen LogP contribution in [-0.2, 0) is 0 Å². The Bertz CT molecular complexity index is 696. The third-order valence-electron chi connectivity index (χ3n) is 4.01. The fourth-order valence-electron chi connectivity index (χ4n) is 2.97. The van der Waals surface area contributed by atoms with Gasteiger partial charge in [-0.05, 0) is 25.0 Å². The fraction of sp³-hybridized carbons (Fsp3) is 0.375. The molecule has 0 saturated heterocycles. The molecule has 0 spiro atoms. The van der Waals surface area contributed by atoms with Gasteiger partial charge in [-0.25, -0.2) is 9.37 Å². The van der Waals surface area contributed by atoms with Gasteiger partial charge in [-0.15, -0.1) is 0 Å². The summed E-state index contributed by atoms with van der Waals surface area (Å²) >= 11 is 5.87. The van der Waals surface area contributed by atoms with E-state index in [1.165, 1.54) is 12.5 Å². The lowest BCUT2D eigenvalue weighted by molar-refractivity contribution is 0.424. The van der Waals surface area contributed by atoms with Gasteiger partial charge in [0.2, 0.25) is 0 Å². The molecule has 0 atom stereocenters. The highest BCUT2D eigenvalue weighted by Gasteiger charge is 2.23. The maximum atomic E-state index is 14.3. The number of nitrogens with zero attached hydrogens (tertiary/aromatic N) is 3. The molecule has 1 heterocycles. The summed E-state index contributed by atoms with van der Waals surface area (Å²) in [6, 6.07) is 6.93. The number of halogens is 2. The smallest absolute Gasteiger partial charge is 0.165 e. The van der Waals surface area contributed by atoms with E-state index in [2.05, 4.69) is 4.98 Å². The van der Waals surface area contributed by atoms with Crippen LogP contribution in [0.25, 0.3) is 5.69 Å². The molecule has 0 radical (unpaired) electrons. The fourth-order valence-corrected chi connectivity index (χ4v) is 3.14.